The van der Waals surface area contributed by atoms with Crippen LogP contribution in [-0.2, 0) is 23.3 Å². The van der Waals surface area contributed by atoms with Crippen molar-refractivity contribution in [3.05, 3.63) is 127 Å². The molecular weight excluding hydrogens is 564 g/mol. The fraction of sp³-hybridized carbons (Fsp3) is 0.216. The number of benzene rings is 4. The average molecular weight is 600 g/mol. The van der Waals surface area contributed by atoms with E-state index in [1.54, 1.807) is 24.9 Å². The van der Waals surface area contributed by atoms with Crippen molar-refractivity contribution >= 4 is 27.0 Å². The van der Waals surface area contributed by atoms with Crippen molar-refractivity contribution < 1.29 is 23.3 Å². The second kappa shape index (κ2) is 14.6. The van der Waals surface area contributed by atoms with Gasteiger partial charge in [-0.25, -0.2) is 12.2 Å². The summed E-state index contributed by atoms with van der Waals surface area (Å²) in [6.45, 7) is 0. The summed E-state index contributed by atoms with van der Waals surface area (Å²) in [5.41, 5.74) is 5.31. The van der Waals surface area contributed by atoms with Crippen LogP contribution >= 0.6 is 0 Å². The zero-order chi connectivity index (χ0) is 26.7. The van der Waals surface area contributed by atoms with Gasteiger partial charge in [0.1, 0.15) is 0 Å². The average Bonchev–Trinajstić information content (AvgIpc) is 3.68. The summed E-state index contributed by atoms with van der Waals surface area (Å²) in [5, 5.41) is 5.27. The summed E-state index contributed by atoms with van der Waals surface area (Å²) in [6.07, 6.45) is 17.7. The van der Waals surface area contributed by atoms with Crippen LogP contribution in [0.1, 0.15) is 38.5 Å². The Morgan fingerprint density at radius 1 is 0.590 bits per heavy atom. The van der Waals surface area contributed by atoms with Crippen LogP contribution in [0.5, 0.6) is 0 Å². The molecule has 1 aliphatic heterocycles. The molecule has 0 amide bonds. The molecule has 5 aromatic carbocycles. The van der Waals surface area contributed by atoms with E-state index in [1.165, 1.54) is 63.1 Å². The predicted molar refractivity (Wildman–Crippen MR) is 168 cm³/mol. The van der Waals surface area contributed by atoms with Crippen LogP contribution in [0.4, 0.5) is 0 Å². The molecule has 0 spiro atoms. The second-order valence-electron chi connectivity index (χ2n) is 10.4. The third-order valence-corrected chi connectivity index (χ3v) is 13.1. The molecule has 192 valence electrons. The van der Waals surface area contributed by atoms with Gasteiger partial charge in [-0.05, 0) is 11.1 Å². The van der Waals surface area contributed by atoms with Crippen LogP contribution in [0, 0.1) is 6.08 Å². The van der Waals surface area contributed by atoms with Gasteiger partial charge >= 0.3 is 73.0 Å². The van der Waals surface area contributed by atoms with Gasteiger partial charge in [0, 0.05) is 0 Å². The van der Waals surface area contributed by atoms with Crippen LogP contribution in [0.2, 0.25) is 12.1 Å². The van der Waals surface area contributed by atoms with E-state index in [-0.39, 0.29) is 5.43 Å². The first-order valence-corrected chi connectivity index (χ1v) is 19.9. The van der Waals surface area contributed by atoms with Crippen molar-refractivity contribution in [2.75, 3.05) is 0 Å². The molecule has 0 bridgehead atoms. The Morgan fingerprint density at radius 3 is 1.54 bits per heavy atom. The topological polar surface area (TPSA) is 0 Å². The molecule has 7 rings (SSSR count). The van der Waals surface area contributed by atoms with Crippen LogP contribution < -0.4 is 0 Å². The van der Waals surface area contributed by atoms with Gasteiger partial charge in [-0.15, -0.1) is 46.2 Å². The number of rotatable bonds is 2. The number of hydrogen-bond donors (Lipinski definition) is 0. The van der Waals surface area contributed by atoms with E-state index in [9.17, 15) is 0 Å². The molecule has 0 saturated carbocycles. The van der Waals surface area contributed by atoms with E-state index < -0.39 is 0 Å². The Morgan fingerprint density at radius 2 is 1.10 bits per heavy atom. The molecule has 0 aromatic heterocycles. The molecule has 2 heteroatoms. The van der Waals surface area contributed by atoms with Gasteiger partial charge in [0.05, 0.1) is 0 Å². The summed E-state index contributed by atoms with van der Waals surface area (Å²) in [6, 6.07) is 40.3. The summed E-state index contributed by atoms with van der Waals surface area (Å²) in [5.74, 6) is 0. The van der Waals surface area contributed by atoms with Gasteiger partial charge < -0.3 is 0 Å². The van der Waals surface area contributed by atoms with Gasteiger partial charge in [-0.1, -0.05) is 96.1 Å². The van der Waals surface area contributed by atoms with Gasteiger partial charge in [0.15, 0.2) is 0 Å². The van der Waals surface area contributed by atoms with E-state index in [4.69, 9.17) is 0 Å². The molecule has 2 aliphatic rings. The van der Waals surface area contributed by atoms with Gasteiger partial charge in [0.25, 0.3) is 0 Å². The maximum absolute atomic E-state index is 2.99. The Hall–Kier alpha value is -2.67. The minimum Gasteiger partial charge on any atom is -0.126 e. The van der Waals surface area contributed by atoms with E-state index in [1.807, 2.05) is 35.5 Å². The zero-order valence-electron chi connectivity index (χ0n) is 22.7. The first kappa shape index (κ1) is 27.9. The van der Waals surface area contributed by atoms with Crippen LogP contribution in [-0.4, -0.2) is 5.43 Å². The van der Waals surface area contributed by atoms with E-state index in [0.29, 0.717) is 0 Å². The van der Waals surface area contributed by atoms with Crippen LogP contribution in [0.3, 0.4) is 0 Å². The standard InChI is InChI=1S/C25H17.C7H14Si.C5H5.Zr/c1-3-7-18(8-4-1)20-11-13-24-22(15-20)17-23-16-21(12-14-25(23)24)19-9-5-2-6-10-19;1-2-4-6-8-7-5-3-1;1-2-4-5-3-1;/h1-17H;1-7H2;1-3H,4H2;/q-1;;-1;+2. The predicted octanol–water partition coefficient (Wildman–Crippen LogP) is 10.8. The zero-order valence-corrected chi connectivity index (χ0v) is 26.2. The Bertz CT molecular complexity index is 1440. The van der Waals surface area contributed by atoms with Crippen molar-refractivity contribution in [1.29, 1.82) is 0 Å². The second-order valence-corrected chi connectivity index (χ2v) is 17.8. The third-order valence-electron chi connectivity index (χ3n) is 7.46. The molecule has 5 aromatic rings. The molecule has 0 unspecified atom stereocenters. The Kier molecular flexibility index (Phi) is 10.5. The van der Waals surface area contributed by atoms with E-state index >= 15 is 0 Å². The fourth-order valence-electron chi connectivity index (χ4n) is 5.32. The van der Waals surface area contributed by atoms with Crippen LogP contribution in [0.15, 0.2) is 121 Å². The first-order valence-electron chi connectivity index (χ1n) is 14.3. The van der Waals surface area contributed by atoms with Crippen molar-refractivity contribution in [2.24, 2.45) is 0 Å². The Balaban J connectivity index is 0.000000180. The normalized spacial score (nSPS) is 14.8. The Labute approximate surface area is 249 Å². The fourth-order valence-corrected chi connectivity index (χ4v) is 9.53. The maximum Gasteiger partial charge on any atom is -0.0259 e. The van der Waals surface area contributed by atoms with Crippen molar-refractivity contribution in [1.82, 2.24) is 0 Å². The SMILES string of the molecule is [C-]1=CC=CC1.[Zr+2]=[Si]1CCCCCCC1.c1ccc(-c2ccc3c(c2)[cH-]c2cc(-c4ccccc4)ccc23)cc1. The van der Waals surface area contributed by atoms with Gasteiger partial charge in [0.2, 0.25) is 0 Å². The molecule has 1 fully saturated rings. The minimum absolute atomic E-state index is 0.238. The number of hydrogen-bond acceptors (Lipinski definition) is 0. The molecule has 1 aliphatic carbocycles. The summed E-state index contributed by atoms with van der Waals surface area (Å²) in [7, 11) is 0. The molecule has 0 atom stereocenters. The molecule has 39 heavy (non-hydrogen) atoms. The summed E-state index contributed by atoms with van der Waals surface area (Å²) < 4.78 is 0. The summed E-state index contributed by atoms with van der Waals surface area (Å²) >= 11 is 1.88. The third kappa shape index (κ3) is 7.93. The quantitative estimate of drug-likeness (QED) is 0.140. The maximum atomic E-state index is 2.99. The molecule has 1 heterocycles. The van der Waals surface area contributed by atoms with Crippen molar-refractivity contribution in [2.45, 2.75) is 50.6 Å². The van der Waals surface area contributed by atoms with E-state index in [0.717, 1.165) is 6.42 Å². The van der Waals surface area contributed by atoms with Crippen molar-refractivity contribution in [3.8, 4) is 22.3 Å². The first-order chi connectivity index (χ1) is 19.3. The summed E-state index contributed by atoms with van der Waals surface area (Å²) in [4.78, 5) is 0. The van der Waals surface area contributed by atoms with Gasteiger partial charge in [-0.3, -0.25) is 6.08 Å². The largest absolute Gasteiger partial charge is 0.126 e. The van der Waals surface area contributed by atoms with Crippen molar-refractivity contribution in [3.63, 3.8) is 0 Å². The smallest absolute Gasteiger partial charge is 0.0259 e. The number of allylic oxidation sites excluding steroid dienone is 4. The monoisotopic (exact) mass is 598 g/mol. The van der Waals surface area contributed by atoms with Gasteiger partial charge in [-0.2, -0.15) is 6.08 Å². The number of fused-ring (bicyclic) bond motifs is 3. The van der Waals surface area contributed by atoms with Crippen LogP contribution in [0.25, 0.3) is 43.8 Å². The molecule has 0 radical (unpaired) electrons. The van der Waals surface area contributed by atoms with E-state index in [2.05, 4.69) is 115 Å². The molecule has 0 N–H and O–H groups in total. The molecule has 0 nitrogen and oxygen atoms in total. The molecule has 1 saturated heterocycles. The minimum atomic E-state index is 0.238. The molecular formula is C37H36SiZr.